The van der Waals surface area contributed by atoms with Crippen molar-refractivity contribution < 1.29 is 9.13 Å². The summed E-state index contributed by atoms with van der Waals surface area (Å²) in [6.45, 7) is 0.699. The predicted molar refractivity (Wildman–Crippen MR) is 78.9 cm³/mol. The molecule has 1 atom stereocenters. The molecule has 1 unspecified atom stereocenters. The summed E-state index contributed by atoms with van der Waals surface area (Å²) < 4.78 is 20.3. The molecule has 0 fully saturated rings. The molecule has 0 aromatic heterocycles. The van der Waals surface area contributed by atoms with Gasteiger partial charge in [0.25, 0.3) is 0 Å². The summed E-state index contributed by atoms with van der Waals surface area (Å²) in [5, 5.41) is 0. The molecule has 0 bridgehead atoms. The van der Waals surface area contributed by atoms with E-state index in [0.717, 1.165) is 27.8 Å². The lowest BCUT2D eigenvalue weighted by Crippen LogP contribution is -2.29. The number of benzene rings is 2. The van der Waals surface area contributed by atoms with Crippen LogP contribution < -0.4 is 16.0 Å². The molecule has 2 aromatic carbocycles. The van der Waals surface area contributed by atoms with Gasteiger partial charge < -0.3 is 4.74 Å². The summed E-state index contributed by atoms with van der Waals surface area (Å²) in [4.78, 5) is 0. The molecule has 0 aliphatic carbocycles. The molecular formula is C15H14BrFN2O. The molecule has 0 amide bonds. The Morgan fingerprint density at radius 2 is 2.10 bits per heavy atom. The van der Waals surface area contributed by atoms with Gasteiger partial charge in [-0.15, -0.1) is 0 Å². The minimum atomic E-state index is -0.390. The summed E-state index contributed by atoms with van der Waals surface area (Å²) >= 11 is 3.36. The van der Waals surface area contributed by atoms with Crippen LogP contribution in [0, 0.1) is 5.82 Å². The van der Waals surface area contributed by atoms with Crippen molar-refractivity contribution in [3.63, 3.8) is 0 Å². The average molecular weight is 337 g/mol. The molecule has 0 spiro atoms. The van der Waals surface area contributed by atoms with E-state index in [4.69, 9.17) is 10.6 Å². The van der Waals surface area contributed by atoms with E-state index in [1.54, 1.807) is 12.1 Å². The molecule has 1 aliphatic heterocycles. The Morgan fingerprint density at radius 3 is 2.90 bits per heavy atom. The molecule has 104 valence electrons. The van der Waals surface area contributed by atoms with Gasteiger partial charge in [-0.05, 0) is 35.4 Å². The Morgan fingerprint density at radius 1 is 1.25 bits per heavy atom. The zero-order valence-electron chi connectivity index (χ0n) is 10.7. The second-order valence-electron chi connectivity index (χ2n) is 4.73. The molecule has 0 radical (unpaired) electrons. The highest BCUT2D eigenvalue weighted by molar-refractivity contribution is 9.10. The van der Waals surface area contributed by atoms with Gasteiger partial charge >= 0.3 is 0 Å². The molecule has 1 aliphatic rings. The van der Waals surface area contributed by atoms with E-state index in [-0.39, 0.29) is 5.82 Å². The quantitative estimate of drug-likeness (QED) is 0.668. The van der Waals surface area contributed by atoms with Crippen LogP contribution in [0.3, 0.4) is 0 Å². The Labute approximate surface area is 125 Å². The van der Waals surface area contributed by atoms with E-state index < -0.39 is 6.04 Å². The molecule has 3 rings (SSSR count). The highest BCUT2D eigenvalue weighted by Crippen LogP contribution is 2.32. The van der Waals surface area contributed by atoms with Crippen molar-refractivity contribution in [3.05, 3.63) is 63.4 Å². The van der Waals surface area contributed by atoms with Crippen molar-refractivity contribution in [1.29, 1.82) is 0 Å². The van der Waals surface area contributed by atoms with Gasteiger partial charge in [-0.25, -0.2) is 9.82 Å². The summed E-state index contributed by atoms with van der Waals surface area (Å²) in [5.74, 6) is 6.26. The largest absolute Gasteiger partial charge is 0.493 e. The van der Waals surface area contributed by atoms with Crippen molar-refractivity contribution in [2.75, 3.05) is 6.61 Å². The van der Waals surface area contributed by atoms with Gasteiger partial charge in [-0.2, -0.15) is 0 Å². The molecular weight excluding hydrogens is 323 g/mol. The number of hydrogen-bond acceptors (Lipinski definition) is 3. The number of ether oxygens (including phenoxy) is 1. The smallest absolute Gasteiger partial charge is 0.128 e. The van der Waals surface area contributed by atoms with Gasteiger partial charge in [-0.1, -0.05) is 28.1 Å². The Balaban J connectivity index is 2.03. The van der Waals surface area contributed by atoms with Crippen LogP contribution >= 0.6 is 15.9 Å². The monoisotopic (exact) mass is 336 g/mol. The first-order valence-electron chi connectivity index (χ1n) is 6.36. The number of nitrogens with two attached hydrogens (primary N) is 1. The Bertz CT molecular complexity index is 648. The van der Waals surface area contributed by atoms with E-state index in [1.165, 1.54) is 6.07 Å². The lowest BCUT2D eigenvalue weighted by atomic mass is 9.96. The number of fused-ring (bicyclic) bond motifs is 1. The van der Waals surface area contributed by atoms with Gasteiger partial charge in [-0.3, -0.25) is 5.84 Å². The first kappa shape index (κ1) is 13.5. The van der Waals surface area contributed by atoms with Crippen LogP contribution in [-0.2, 0) is 6.42 Å². The zero-order valence-corrected chi connectivity index (χ0v) is 12.3. The lowest BCUT2D eigenvalue weighted by molar-refractivity contribution is 0.357. The van der Waals surface area contributed by atoms with Gasteiger partial charge in [0.1, 0.15) is 11.6 Å². The molecule has 20 heavy (non-hydrogen) atoms. The van der Waals surface area contributed by atoms with Crippen LogP contribution in [0.25, 0.3) is 0 Å². The molecule has 1 heterocycles. The van der Waals surface area contributed by atoms with Gasteiger partial charge in [0.05, 0.1) is 12.6 Å². The van der Waals surface area contributed by atoms with Crippen molar-refractivity contribution in [2.45, 2.75) is 12.5 Å². The van der Waals surface area contributed by atoms with E-state index in [1.807, 2.05) is 18.2 Å². The first-order chi connectivity index (χ1) is 9.69. The SMILES string of the molecule is NNC(c1ccc2c(c1)CCO2)c1cc(Br)ccc1F. The van der Waals surface area contributed by atoms with E-state index in [0.29, 0.717) is 12.2 Å². The second-order valence-corrected chi connectivity index (χ2v) is 5.65. The fraction of sp³-hybridized carbons (Fsp3) is 0.200. The maximum absolute atomic E-state index is 14.0. The Kier molecular flexibility index (Phi) is 3.74. The van der Waals surface area contributed by atoms with Crippen LogP contribution in [-0.4, -0.2) is 6.61 Å². The number of hydrogen-bond donors (Lipinski definition) is 2. The molecule has 5 heteroatoms. The van der Waals surface area contributed by atoms with Crippen LogP contribution in [0.2, 0.25) is 0 Å². The minimum Gasteiger partial charge on any atom is -0.493 e. The molecule has 0 saturated heterocycles. The van der Waals surface area contributed by atoms with Crippen LogP contribution in [0.4, 0.5) is 4.39 Å². The average Bonchev–Trinajstić information content (AvgIpc) is 2.91. The lowest BCUT2D eigenvalue weighted by Gasteiger charge is -2.18. The topological polar surface area (TPSA) is 47.3 Å². The third-order valence-electron chi connectivity index (χ3n) is 3.48. The summed E-state index contributed by atoms with van der Waals surface area (Å²) in [5.41, 5.74) is 5.27. The van der Waals surface area contributed by atoms with Crippen molar-refractivity contribution >= 4 is 15.9 Å². The number of nitrogens with one attached hydrogen (secondary N) is 1. The normalized spacial score (nSPS) is 14.8. The standard InChI is InChI=1S/C15H14BrFN2O/c16-11-2-3-13(17)12(8-11)15(19-18)10-1-4-14-9(7-10)5-6-20-14/h1-4,7-8,15,19H,5-6,18H2. The number of hydrazine groups is 1. The highest BCUT2D eigenvalue weighted by atomic mass is 79.9. The fourth-order valence-electron chi connectivity index (χ4n) is 2.49. The predicted octanol–water partition coefficient (Wildman–Crippen LogP) is 3.08. The van der Waals surface area contributed by atoms with Crippen LogP contribution in [0.1, 0.15) is 22.7 Å². The van der Waals surface area contributed by atoms with E-state index in [2.05, 4.69) is 21.4 Å². The summed E-state index contributed by atoms with van der Waals surface area (Å²) in [6.07, 6.45) is 0.876. The molecule has 2 aromatic rings. The van der Waals surface area contributed by atoms with Gasteiger partial charge in [0.15, 0.2) is 0 Å². The van der Waals surface area contributed by atoms with Crippen LogP contribution in [0.5, 0.6) is 5.75 Å². The van der Waals surface area contributed by atoms with E-state index in [9.17, 15) is 4.39 Å². The molecule has 3 N–H and O–H groups in total. The maximum atomic E-state index is 14.0. The number of halogens is 2. The van der Waals surface area contributed by atoms with Crippen molar-refractivity contribution in [2.24, 2.45) is 5.84 Å². The fourth-order valence-corrected chi connectivity index (χ4v) is 2.87. The third-order valence-corrected chi connectivity index (χ3v) is 3.98. The summed E-state index contributed by atoms with van der Waals surface area (Å²) in [7, 11) is 0. The summed E-state index contributed by atoms with van der Waals surface area (Å²) in [6, 6.07) is 10.3. The van der Waals surface area contributed by atoms with Gasteiger partial charge in [0, 0.05) is 16.5 Å². The second kappa shape index (κ2) is 5.52. The number of rotatable bonds is 3. The Hall–Kier alpha value is -1.43. The third kappa shape index (κ3) is 2.44. The first-order valence-corrected chi connectivity index (χ1v) is 7.15. The van der Waals surface area contributed by atoms with Crippen molar-refractivity contribution in [1.82, 2.24) is 5.43 Å². The molecule has 3 nitrogen and oxygen atoms in total. The zero-order chi connectivity index (χ0) is 14.1. The van der Waals surface area contributed by atoms with E-state index >= 15 is 0 Å². The minimum absolute atomic E-state index is 0.284. The van der Waals surface area contributed by atoms with Gasteiger partial charge in [0.2, 0.25) is 0 Å². The molecule has 0 saturated carbocycles. The van der Waals surface area contributed by atoms with Crippen molar-refractivity contribution in [3.8, 4) is 5.75 Å². The maximum Gasteiger partial charge on any atom is 0.128 e. The highest BCUT2D eigenvalue weighted by Gasteiger charge is 2.20. The van der Waals surface area contributed by atoms with Crippen LogP contribution in [0.15, 0.2) is 40.9 Å².